The second-order valence-electron chi connectivity index (χ2n) is 4.67. The number of anilines is 1. The van der Waals surface area contributed by atoms with E-state index in [1.54, 1.807) is 6.20 Å². The minimum absolute atomic E-state index is 0.197. The van der Waals surface area contributed by atoms with Gasteiger partial charge in [-0.25, -0.2) is 9.97 Å². The lowest BCUT2D eigenvalue weighted by Gasteiger charge is -2.34. The Bertz CT molecular complexity index is 605. The Labute approximate surface area is 115 Å². The van der Waals surface area contributed by atoms with E-state index in [4.69, 9.17) is 0 Å². The van der Waals surface area contributed by atoms with Crippen LogP contribution in [-0.2, 0) is 9.53 Å². The van der Waals surface area contributed by atoms with Gasteiger partial charge in [-0.15, -0.1) is 0 Å². The van der Waals surface area contributed by atoms with Crippen LogP contribution in [0, 0.1) is 0 Å². The normalized spacial score (nSPS) is 16.6. The van der Waals surface area contributed by atoms with Crippen LogP contribution in [0.4, 0.5) is 5.82 Å². The zero-order chi connectivity index (χ0) is 13.9. The van der Waals surface area contributed by atoms with Crippen molar-refractivity contribution in [2.45, 2.75) is 0 Å². The quantitative estimate of drug-likeness (QED) is 0.766. The summed E-state index contributed by atoms with van der Waals surface area (Å²) in [6, 6.07) is 0. The molecule has 0 amide bonds. The predicted molar refractivity (Wildman–Crippen MR) is 72.4 cm³/mol. The Morgan fingerprint density at radius 1 is 1.35 bits per heavy atom. The Balaban J connectivity index is 1.69. The first-order valence-electron chi connectivity index (χ1n) is 6.46. The number of hydrogen-bond donors (Lipinski definition) is 1. The van der Waals surface area contributed by atoms with Gasteiger partial charge in [-0.05, 0) is 0 Å². The molecule has 1 N–H and O–H groups in total. The van der Waals surface area contributed by atoms with Crippen molar-refractivity contribution in [3.63, 3.8) is 0 Å². The van der Waals surface area contributed by atoms with Gasteiger partial charge in [-0.2, -0.15) is 5.10 Å². The van der Waals surface area contributed by atoms with Crippen molar-refractivity contribution in [2.24, 2.45) is 0 Å². The monoisotopic (exact) mass is 276 g/mol. The maximum atomic E-state index is 11.3. The molecule has 1 aliphatic heterocycles. The van der Waals surface area contributed by atoms with Gasteiger partial charge < -0.3 is 9.64 Å². The topological polar surface area (TPSA) is 87.2 Å². The minimum atomic E-state index is -0.197. The second kappa shape index (κ2) is 5.41. The molecule has 0 unspecified atom stereocenters. The van der Waals surface area contributed by atoms with Crippen LogP contribution in [0.2, 0.25) is 0 Å². The van der Waals surface area contributed by atoms with E-state index in [1.807, 2.05) is 0 Å². The zero-order valence-electron chi connectivity index (χ0n) is 11.2. The summed E-state index contributed by atoms with van der Waals surface area (Å²) in [6.07, 6.45) is 3.28. The second-order valence-corrected chi connectivity index (χ2v) is 4.67. The molecule has 0 radical (unpaired) electrons. The van der Waals surface area contributed by atoms with Gasteiger partial charge in [-0.3, -0.25) is 14.8 Å². The highest BCUT2D eigenvalue weighted by molar-refractivity contribution is 5.86. The molecule has 0 aromatic carbocycles. The van der Waals surface area contributed by atoms with E-state index in [0.29, 0.717) is 6.54 Å². The van der Waals surface area contributed by atoms with E-state index < -0.39 is 0 Å². The number of esters is 1. The summed E-state index contributed by atoms with van der Waals surface area (Å²) in [5, 5.41) is 7.76. The molecule has 1 saturated heterocycles. The summed E-state index contributed by atoms with van der Waals surface area (Å²) in [7, 11) is 1.41. The SMILES string of the molecule is COC(=O)CN1CCN(c2ncnc3[nH]ncc23)CC1. The van der Waals surface area contributed by atoms with Gasteiger partial charge in [0.05, 0.1) is 25.2 Å². The fourth-order valence-corrected chi connectivity index (χ4v) is 2.37. The molecule has 0 atom stereocenters. The number of aromatic nitrogens is 4. The van der Waals surface area contributed by atoms with Crippen molar-refractivity contribution in [2.75, 3.05) is 44.7 Å². The molecule has 2 aromatic heterocycles. The predicted octanol–water partition coefficient (Wildman–Crippen LogP) is -0.352. The van der Waals surface area contributed by atoms with E-state index in [1.165, 1.54) is 13.4 Å². The third-order valence-corrected chi connectivity index (χ3v) is 3.48. The van der Waals surface area contributed by atoms with Crippen LogP contribution < -0.4 is 4.90 Å². The number of carbonyl (C=O) groups excluding carboxylic acids is 1. The summed E-state index contributed by atoms with van der Waals surface area (Å²) < 4.78 is 4.68. The molecule has 1 fully saturated rings. The highest BCUT2D eigenvalue weighted by atomic mass is 16.5. The molecule has 3 rings (SSSR count). The van der Waals surface area contributed by atoms with Crippen LogP contribution in [0.1, 0.15) is 0 Å². The van der Waals surface area contributed by atoms with Gasteiger partial charge in [-0.1, -0.05) is 0 Å². The molecule has 3 heterocycles. The highest BCUT2D eigenvalue weighted by Gasteiger charge is 2.21. The van der Waals surface area contributed by atoms with E-state index in [0.717, 1.165) is 43.0 Å². The van der Waals surface area contributed by atoms with Gasteiger partial charge in [0.25, 0.3) is 0 Å². The van der Waals surface area contributed by atoms with Crippen molar-refractivity contribution in [3.8, 4) is 0 Å². The lowest BCUT2D eigenvalue weighted by molar-refractivity contribution is -0.142. The van der Waals surface area contributed by atoms with Crippen LogP contribution in [0.3, 0.4) is 0 Å². The first-order chi connectivity index (χ1) is 9.78. The maximum absolute atomic E-state index is 11.3. The standard InChI is InChI=1S/C12H16N6O2/c1-20-10(19)7-17-2-4-18(5-3-17)12-9-6-15-16-11(9)13-8-14-12/h6,8H,2-5,7H2,1H3,(H,13,14,15,16). The number of aromatic amines is 1. The average Bonchev–Trinajstić information content (AvgIpc) is 2.96. The summed E-state index contributed by atoms with van der Waals surface area (Å²) in [6.45, 7) is 3.58. The third-order valence-electron chi connectivity index (χ3n) is 3.48. The van der Waals surface area contributed by atoms with Gasteiger partial charge in [0.15, 0.2) is 5.65 Å². The highest BCUT2D eigenvalue weighted by Crippen LogP contribution is 2.21. The van der Waals surface area contributed by atoms with E-state index in [9.17, 15) is 4.79 Å². The van der Waals surface area contributed by atoms with Crippen molar-refractivity contribution in [1.82, 2.24) is 25.1 Å². The number of piperazine rings is 1. The number of ether oxygens (including phenoxy) is 1. The largest absolute Gasteiger partial charge is 0.468 e. The van der Waals surface area contributed by atoms with E-state index in [-0.39, 0.29) is 5.97 Å². The van der Waals surface area contributed by atoms with Gasteiger partial charge in [0.1, 0.15) is 12.1 Å². The molecule has 8 heteroatoms. The number of carbonyl (C=O) groups is 1. The molecule has 20 heavy (non-hydrogen) atoms. The zero-order valence-corrected chi connectivity index (χ0v) is 11.2. The smallest absolute Gasteiger partial charge is 0.319 e. The van der Waals surface area contributed by atoms with Gasteiger partial charge >= 0.3 is 5.97 Å². The van der Waals surface area contributed by atoms with Crippen molar-refractivity contribution in [1.29, 1.82) is 0 Å². The molecule has 8 nitrogen and oxygen atoms in total. The Kier molecular flexibility index (Phi) is 3.46. The Morgan fingerprint density at radius 3 is 2.90 bits per heavy atom. The summed E-state index contributed by atoms with van der Waals surface area (Å²) in [5.41, 5.74) is 0.743. The summed E-state index contributed by atoms with van der Waals surface area (Å²) >= 11 is 0. The van der Waals surface area contributed by atoms with Crippen molar-refractivity contribution < 1.29 is 9.53 Å². The molecule has 2 aromatic rings. The van der Waals surface area contributed by atoms with Gasteiger partial charge in [0.2, 0.25) is 0 Å². The maximum Gasteiger partial charge on any atom is 0.319 e. The first-order valence-corrected chi connectivity index (χ1v) is 6.46. The van der Waals surface area contributed by atoms with Gasteiger partial charge in [0, 0.05) is 26.2 Å². The van der Waals surface area contributed by atoms with Crippen molar-refractivity contribution in [3.05, 3.63) is 12.5 Å². The molecular weight excluding hydrogens is 260 g/mol. The Hall–Kier alpha value is -2.22. The fraction of sp³-hybridized carbons (Fsp3) is 0.500. The first kappa shape index (κ1) is 12.8. The minimum Gasteiger partial charge on any atom is -0.468 e. The van der Waals surface area contributed by atoms with Crippen LogP contribution in [0.25, 0.3) is 11.0 Å². The Morgan fingerprint density at radius 2 is 2.15 bits per heavy atom. The van der Waals surface area contributed by atoms with Crippen LogP contribution in [-0.4, -0.2) is 70.9 Å². The number of fused-ring (bicyclic) bond motifs is 1. The van der Waals surface area contributed by atoms with Crippen molar-refractivity contribution >= 4 is 22.8 Å². The molecular formula is C12H16N6O2. The summed E-state index contributed by atoms with van der Waals surface area (Å²) in [5.74, 6) is 0.694. The number of H-pyrrole nitrogens is 1. The van der Waals surface area contributed by atoms with Crippen LogP contribution in [0.5, 0.6) is 0 Å². The molecule has 0 spiro atoms. The lowest BCUT2D eigenvalue weighted by atomic mass is 10.3. The van der Waals surface area contributed by atoms with E-state index >= 15 is 0 Å². The number of nitrogens with zero attached hydrogens (tertiary/aromatic N) is 5. The number of hydrogen-bond acceptors (Lipinski definition) is 7. The molecule has 106 valence electrons. The number of nitrogens with one attached hydrogen (secondary N) is 1. The third kappa shape index (κ3) is 2.42. The van der Waals surface area contributed by atoms with Crippen LogP contribution in [0.15, 0.2) is 12.5 Å². The lowest BCUT2D eigenvalue weighted by Crippen LogP contribution is -2.48. The number of methoxy groups -OCH3 is 1. The van der Waals surface area contributed by atoms with Crippen LogP contribution >= 0.6 is 0 Å². The molecule has 0 aliphatic carbocycles. The summed E-state index contributed by atoms with van der Waals surface area (Å²) in [4.78, 5) is 24.0. The molecule has 1 aliphatic rings. The number of rotatable bonds is 3. The fourth-order valence-electron chi connectivity index (χ4n) is 2.37. The molecule has 0 saturated carbocycles. The molecule has 0 bridgehead atoms. The van der Waals surface area contributed by atoms with E-state index in [2.05, 4.69) is 34.7 Å². The average molecular weight is 276 g/mol.